The Morgan fingerprint density at radius 3 is 1.09 bits per heavy atom. The first-order chi connectivity index (χ1) is 64.4. The third-order valence-electron chi connectivity index (χ3n) is 25.4. The summed E-state index contributed by atoms with van der Waals surface area (Å²) >= 11 is 0. The Labute approximate surface area is 750 Å². The molecule has 0 saturated heterocycles. The Kier molecular flexibility index (Phi) is 18.5. The lowest BCUT2D eigenvalue weighted by molar-refractivity contribution is 0.665. The van der Waals surface area contributed by atoms with Crippen LogP contribution in [0.1, 0.15) is 27.8 Å². The van der Waals surface area contributed by atoms with Crippen molar-refractivity contribution in [2.45, 2.75) is 34.6 Å². The molecule has 14 heteroatoms. The predicted molar refractivity (Wildman–Crippen MR) is 540 cm³/mol. The molecule has 131 heavy (non-hydrogen) atoms. The Hall–Kier alpha value is -17.2. The van der Waals surface area contributed by atoms with E-state index in [0.717, 1.165) is 161 Å². The van der Waals surface area contributed by atoms with Gasteiger partial charge >= 0.3 is 0 Å². The minimum absolute atomic E-state index is 0.903. The van der Waals surface area contributed by atoms with Gasteiger partial charge in [0.2, 0.25) is 17.3 Å². The Bertz CT molecular complexity index is 9510. The van der Waals surface area contributed by atoms with Gasteiger partial charge in [0.1, 0.15) is 44.7 Å². The van der Waals surface area contributed by atoms with Crippen LogP contribution < -0.4 is 0 Å². The number of imidazole rings is 6. The van der Waals surface area contributed by atoms with E-state index in [1.165, 1.54) is 87.9 Å². The predicted octanol–water partition coefficient (Wildman–Crippen LogP) is 30.8. The van der Waals surface area contributed by atoms with E-state index in [1.807, 2.05) is 72.8 Å². The summed E-state index contributed by atoms with van der Waals surface area (Å²) < 4.78 is 39.5. The summed E-state index contributed by atoms with van der Waals surface area (Å²) in [6, 6.07) is 139. The molecule has 0 N–H and O–H groups in total. The number of rotatable bonds is 4. The molecule has 29 aromatic rings. The van der Waals surface area contributed by atoms with Crippen molar-refractivity contribution in [2.24, 2.45) is 7.05 Å². The molecular formula is C117H84N10O4. The van der Waals surface area contributed by atoms with Gasteiger partial charge in [0.25, 0.3) is 0 Å². The van der Waals surface area contributed by atoms with Gasteiger partial charge in [0.15, 0.2) is 0 Å². The molecule has 14 nitrogen and oxygen atoms in total. The van der Waals surface area contributed by atoms with Gasteiger partial charge < -0.3 is 26.8 Å². The average Bonchev–Trinajstić information content (AvgIpc) is 1.53. The van der Waals surface area contributed by atoms with Crippen molar-refractivity contribution >= 4 is 193 Å². The summed E-state index contributed by atoms with van der Waals surface area (Å²) in [5.41, 5.74) is 35.4. The van der Waals surface area contributed by atoms with Gasteiger partial charge in [-0.3, -0.25) is 22.3 Å². The van der Waals surface area contributed by atoms with E-state index in [9.17, 15) is 0 Å². The minimum Gasteiger partial charge on any atom is -0.456 e. The van der Waals surface area contributed by atoms with Gasteiger partial charge in [-0.15, -0.1) is 0 Å². The molecule has 0 spiro atoms. The fraction of sp³-hybridized carbons (Fsp3) is 0.0513. The number of benzene rings is 18. The van der Waals surface area contributed by atoms with Crippen LogP contribution in [0.25, 0.3) is 221 Å². The zero-order valence-electron chi connectivity index (χ0n) is 72.7. The summed E-state index contributed by atoms with van der Waals surface area (Å²) in [6.45, 7) is 10.5. The molecule has 0 radical (unpaired) electrons. The van der Waals surface area contributed by atoms with Crippen molar-refractivity contribution in [3.63, 3.8) is 0 Å². The molecule has 11 heterocycles. The molecule has 0 amide bonds. The van der Waals surface area contributed by atoms with Crippen molar-refractivity contribution in [3.05, 3.63) is 428 Å². The van der Waals surface area contributed by atoms with Crippen molar-refractivity contribution in [3.8, 4) is 28.2 Å². The molecule has 0 fully saturated rings. The maximum Gasteiger partial charge on any atom is 0.220 e. The number of hydrogen-bond acceptors (Lipinski definition) is 7. The standard InChI is InChI=1S/2C26H17N3O.C20H15N3.C19H15N.2C13H10O/c1-28-22-14-13-16(15-23(22)29-21-11-4-3-10-20(21)27-26(28)29)17-8-6-9-19-18-7-2-5-12-24(18)30-25(17)19;1-16-10-12-24-18(14-16)19-15-17(11-13-25(19)30-24)28-22-8-4-5-9-23(22)29-21-7-3-2-6-20(21)27-26(28)29;1-14-7-6-8-15(13-14)22-18-11-4-5-12-19(18)23-17-10-3-2-9-16(17)21-20(22)23;1-14-7-6-8-15(13-14)20-18-11-4-2-9-16(18)17-10-3-5-12-19(17)20;1-9-5-4-7-11-10-6-2-3-8-12(10)14-13(9)11;1-9-6-7-13-11(8-9)10-4-2-3-5-12(10)14-13/h2*2-15H,1H3;2-13H,1H3;2-13H,1H3;2*2-8H,1H3. The molecule has 0 bridgehead atoms. The summed E-state index contributed by atoms with van der Waals surface area (Å²) in [4.78, 5) is 14.7. The van der Waals surface area contributed by atoms with Gasteiger partial charge in [-0.05, 0) is 227 Å². The van der Waals surface area contributed by atoms with Crippen LogP contribution in [0, 0.1) is 34.6 Å². The SMILES string of the molecule is Cc1ccc2oc3ccc(-n4c5ccccc5n5c6ccccc6nc45)cc3c2c1.Cc1ccc2oc3ccccc3c2c1.Cc1cccc(-n2c3ccccc3c3ccccc32)c1.Cc1cccc(-n2c3ccccc3n3c4ccccc4nc23)c1.Cc1cccc2c1oc1ccccc12.Cn1c2ccc(-c3cccc4c3oc3ccccc34)cc2n2c3ccccc3nc12. The zero-order chi connectivity index (χ0) is 87.6. The molecule has 0 aliphatic heterocycles. The number of fused-ring (bicyclic) bond motifs is 30. The molecule has 0 saturated carbocycles. The van der Waals surface area contributed by atoms with Crippen molar-refractivity contribution in [2.75, 3.05) is 0 Å². The van der Waals surface area contributed by atoms with Crippen LogP contribution in [0.15, 0.2) is 418 Å². The van der Waals surface area contributed by atoms with Gasteiger partial charge in [-0.1, -0.05) is 242 Å². The Morgan fingerprint density at radius 2 is 0.565 bits per heavy atom. The van der Waals surface area contributed by atoms with Gasteiger partial charge in [0.05, 0.1) is 82.9 Å². The van der Waals surface area contributed by atoms with Crippen LogP contribution in [0.3, 0.4) is 0 Å². The number of nitrogens with zero attached hydrogens (tertiary/aromatic N) is 10. The van der Waals surface area contributed by atoms with E-state index >= 15 is 0 Å². The quantitative estimate of drug-likeness (QED) is 0.172. The molecule has 0 aliphatic carbocycles. The average molecular weight is 1690 g/mol. The van der Waals surface area contributed by atoms with E-state index in [0.29, 0.717) is 0 Å². The molecule has 0 aliphatic rings. The van der Waals surface area contributed by atoms with Crippen LogP contribution in [-0.2, 0) is 7.05 Å². The van der Waals surface area contributed by atoms with Gasteiger partial charge in [-0.2, -0.15) is 0 Å². The lowest BCUT2D eigenvalue weighted by atomic mass is 10.0. The largest absolute Gasteiger partial charge is 0.456 e. The summed E-state index contributed by atoms with van der Waals surface area (Å²) in [5, 5.41) is 12.0. The highest BCUT2D eigenvalue weighted by Crippen LogP contribution is 2.42. The molecule has 626 valence electrons. The van der Waals surface area contributed by atoms with E-state index in [-0.39, 0.29) is 0 Å². The van der Waals surface area contributed by atoms with Crippen LogP contribution in [0.5, 0.6) is 0 Å². The number of aromatic nitrogens is 10. The highest BCUT2D eigenvalue weighted by molar-refractivity contribution is 6.13. The summed E-state index contributed by atoms with van der Waals surface area (Å²) in [7, 11) is 2.07. The highest BCUT2D eigenvalue weighted by Gasteiger charge is 2.23. The molecule has 0 unspecified atom stereocenters. The van der Waals surface area contributed by atoms with E-state index in [2.05, 4.69) is 401 Å². The van der Waals surface area contributed by atoms with E-state index < -0.39 is 0 Å². The number of furan rings is 4. The fourth-order valence-corrected chi connectivity index (χ4v) is 19.4. The summed E-state index contributed by atoms with van der Waals surface area (Å²) in [6.07, 6.45) is 0. The number of hydrogen-bond donors (Lipinski definition) is 0. The van der Waals surface area contributed by atoms with E-state index in [4.69, 9.17) is 32.6 Å². The Morgan fingerprint density at radius 1 is 0.206 bits per heavy atom. The van der Waals surface area contributed by atoms with Crippen molar-refractivity contribution < 1.29 is 17.7 Å². The van der Waals surface area contributed by atoms with Crippen molar-refractivity contribution in [1.82, 2.24) is 46.4 Å². The fourth-order valence-electron chi connectivity index (χ4n) is 19.4. The van der Waals surface area contributed by atoms with Crippen LogP contribution in [0.2, 0.25) is 0 Å². The molecule has 18 aromatic carbocycles. The second-order valence-electron chi connectivity index (χ2n) is 33.9. The van der Waals surface area contributed by atoms with E-state index in [1.54, 1.807) is 0 Å². The normalized spacial score (nSPS) is 11.7. The highest BCUT2D eigenvalue weighted by atomic mass is 16.3. The lowest BCUT2D eigenvalue weighted by Gasteiger charge is -2.08. The maximum absolute atomic E-state index is 6.27. The number of aryl methyl sites for hydroxylation is 6. The maximum atomic E-state index is 6.27. The minimum atomic E-state index is 0.903. The van der Waals surface area contributed by atoms with Gasteiger partial charge in [-0.25, -0.2) is 15.0 Å². The van der Waals surface area contributed by atoms with Crippen molar-refractivity contribution in [1.29, 1.82) is 0 Å². The third kappa shape index (κ3) is 13.1. The first-order valence-corrected chi connectivity index (χ1v) is 44.3. The second kappa shape index (κ2) is 31.4. The van der Waals surface area contributed by atoms with Crippen LogP contribution in [-0.4, -0.2) is 46.4 Å². The topological polar surface area (TPSA) is 124 Å². The molecular weight excluding hydrogens is 1610 g/mol. The molecule has 0 atom stereocenters. The number of para-hydroxylation sites is 17. The first kappa shape index (κ1) is 77.3. The van der Waals surface area contributed by atoms with Crippen LogP contribution >= 0.6 is 0 Å². The first-order valence-electron chi connectivity index (χ1n) is 44.3. The third-order valence-corrected chi connectivity index (χ3v) is 25.4. The second-order valence-corrected chi connectivity index (χ2v) is 33.9. The van der Waals surface area contributed by atoms with Crippen LogP contribution in [0.4, 0.5) is 0 Å². The lowest BCUT2D eigenvalue weighted by Crippen LogP contribution is -1.95. The molecule has 29 rings (SSSR count). The summed E-state index contributed by atoms with van der Waals surface area (Å²) in [5.74, 6) is 2.82. The van der Waals surface area contributed by atoms with Gasteiger partial charge in [0, 0.05) is 77.8 Å². The smallest absolute Gasteiger partial charge is 0.220 e. The molecule has 11 aromatic heterocycles. The zero-order valence-corrected chi connectivity index (χ0v) is 72.7. The Balaban J connectivity index is 0.0000000889. The monoisotopic (exact) mass is 1690 g/mol.